The van der Waals surface area contributed by atoms with Crippen molar-refractivity contribution in [1.29, 1.82) is 0 Å². The van der Waals surface area contributed by atoms with Gasteiger partial charge in [-0.05, 0) is 36.3 Å². The topological polar surface area (TPSA) is 38.0 Å². The van der Waals surface area contributed by atoms with Gasteiger partial charge in [-0.2, -0.15) is 0 Å². The van der Waals surface area contributed by atoms with E-state index >= 15 is 0 Å². The van der Waals surface area contributed by atoms with E-state index < -0.39 is 0 Å². The Hall–Kier alpha value is -1.16. The monoisotopic (exact) mass is 246 g/mol. The lowest BCUT2D eigenvalue weighted by Gasteiger charge is -2.13. The molecule has 1 aromatic heterocycles. The van der Waals surface area contributed by atoms with E-state index in [2.05, 4.69) is 53.3 Å². The second kappa shape index (κ2) is 6.55. The molecule has 0 aliphatic carbocycles. The summed E-state index contributed by atoms with van der Waals surface area (Å²) in [5, 5.41) is 2.09. The summed E-state index contributed by atoms with van der Waals surface area (Å²) in [5.41, 5.74) is 4.30. The van der Waals surface area contributed by atoms with Gasteiger partial charge in [0.1, 0.15) is 0 Å². The molecule has 3 N–H and O–H groups in total. The van der Waals surface area contributed by atoms with E-state index in [1.807, 2.05) is 0 Å². The van der Waals surface area contributed by atoms with E-state index in [0.29, 0.717) is 6.04 Å². The molecule has 2 aromatic rings. The van der Waals surface area contributed by atoms with Crippen LogP contribution in [-0.2, 0) is 6.42 Å². The first kappa shape index (κ1) is 12.3. The molecule has 3 heteroatoms. The maximum Gasteiger partial charge on any atom is 0.0553 e. The first-order valence-corrected chi connectivity index (χ1v) is 6.81. The first-order chi connectivity index (χ1) is 8.40. The summed E-state index contributed by atoms with van der Waals surface area (Å²) in [6, 6.07) is 15.1. The Morgan fingerprint density at radius 3 is 2.59 bits per heavy atom. The highest BCUT2D eigenvalue weighted by Gasteiger charge is 2.09. The van der Waals surface area contributed by atoms with Crippen molar-refractivity contribution in [2.75, 3.05) is 0 Å². The molecule has 17 heavy (non-hydrogen) atoms. The summed E-state index contributed by atoms with van der Waals surface area (Å²) in [7, 11) is 0. The minimum atomic E-state index is 0.290. The van der Waals surface area contributed by atoms with Gasteiger partial charge >= 0.3 is 0 Å². The van der Waals surface area contributed by atoms with E-state index in [1.165, 1.54) is 10.4 Å². The SMILES string of the molecule is NNC(CCCc1ccccc1)c1cccs1. The van der Waals surface area contributed by atoms with E-state index in [4.69, 9.17) is 5.84 Å². The second-order valence-electron chi connectivity index (χ2n) is 4.11. The van der Waals surface area contributed by atoms with Crippen LogP contribution in [0.4, 0.5) is 0 Å². The molecule has 0 saturated heterocycles. The molecule has 0 aliphatic rings. The number of benzene rings is 1. The molecule has 1 heterocycles. The lowest BCUT2D eigenvalue weighted by molar-refractivity contribution is 0.505. The molecule has 0 fully saturated rings. The minimum Gasteiger partial charge on any atom is -0.271 e. The molecular weight excluding hydrogens is 228 g/mol. The second-order valence-corrected chi connectivity index (χ2v) is 5.09. The highest BCUT2D eigenvalue weighted by Crippen LogP contribution is 2.23. The Bertz CT molecular complexity index is 411. The fourth-order valence-corrected chi connectivity index (χ4v) is 2.77. The molecule has 0 bridgehead atoms. The summed E-state index contributed by atoms with van der Waals surface area (Å²) in [4.78, 5) is 1.32. The van der Waals surface area contributed by atoms with Crippen LogP contribution in [0.25, 0.3) is 0 Å². The Kier molecular flexibility index (Phi) is 4.74. The molecule has 0 aliphatic heterocycles. The molecule has 2 nitrogen and oxygen atoms in total. The van der Waals surface area contributed by atoms with E-state index in [1.54, 1.807) is 11.3 Å². The van der Waals surface area contributed by atoms with Crippen LogP contribution in [0.1, 0.15) is 29.3 Å². The van der Waals surface area contributed by atoms with Crippen LogP contribution in [0.2, 0.25) is 0 Å². The number of rotatable bonds is 6. The van der Waals surface area contributed by atoms with Crippen molar-refractivity contribution in [1.82, 2.24) is 5.43 Å². The Balaban J connectivity index is 1.81. The number of nitrogens with one attached hydrogen (secondary N) is 1. The third-order valence-electron chi connectivity index (χ3n) is 2.89. The summed E-state index contributed by atoms with van der Waals surface area (Å²) in [5.74, 6) is 5.60. The van der Waals surface area contributed by atoms with Crippen molar-refractivity contribution >= 4 is 11.3 Å². The van der Waals surface area contributed by atoms with Crippen molar-refractivity contribution < 1.29 is 0 Å². The number of hydrogen-bond donors (Lipinski definition) is 2. The average Bonchev–Trinajstić information content (AvgIpc) is 2.90. The van der Waals surface area contributed by atoms with Gasteiger partial charge in [0.15, 0.2) is 0 Å². The molecule has 0 amide bonds. The molecule has 1 unspecified atom stereocenters. The summed E-state index contributed by atoms with van der Waals surface area (Å²) < 4.78 is 0. The highest BCUT2D eigenvalue weighted by molar-refractivity contribution is 7.10. The van der Waals surface area contributed by atoms with Crippen LogP contribution in [0, 0.1) is 0 Å². The number of nitrogens with two attached hydrogens (primary N) is 1. The van der Waals surface area contributed by atoms with Crippen molar-refractivity contribution in [3.8, 4) is 0 Å². The molecule has 0 spiro atoms. The van der Waals surface area contributed by atoms with Gasteiger partial charge in [-0.15, -0.1) is 11.3 Å². The largest absolute Gasteiger partial charge is 0.271 e. The Morgan fingerprint density at radius 1 is 1.12 bits per heavy atom. The number of aryl methyl sites for hydroxylation is 1. The maximum atomic E-state index is 5.60. The van der Waals surface area contributed by atoms with Gasteiger partial charge < -0.3 is 0 Å². The van der Waals surface area contributed by atoms with Gasteiger partial charge in [0.2, 0.25) is 0 Å². The van der Waals surface area contributed by atoms with Gasteiger partial charge in [-0.3, -0.25) is 11.3 Å². The standard InChI is InChI=1S/C14H18N2S/c15-16-13(14-10-5-11-17-14)9-4-8-12-6-2-1-3-7-12/h1-3,5-7,10-11,13,16H,4,8-9,15H2. The lowest BCUT2D eigenvalue weighted by atomic mass is 10.0. The van der Waals surface area contributed by atoms with Gasteiger partial charge in [0.05, 0.1) is 6.04 Å². The zero-order valence-corrected chi connectivity index (χ0v) is 10.6. The Labute approximate surface area is 106 Å². The van der Waals surface area contributed by atoms with Crippen LogP contribution in [0.15, 0.2) is 47.8 Å². The first-order valence-electron chi connectivity index (χ1n) is 5.93. The number of hydrogen-bond acceptors (Lipinski definition) is 3. The van der Waals surface area contributed by atoms with Gasteiger partial charge in [-0.1, -0.05) is 36.4 Å². The van der Waals surface area contributed by atoms with Gasteiger partial charge in [-0.25, -0.2) is 0 Å². The predicted octanol–water partition coefficient (Wildman–Crippen LogP) is 3.28. The van der Waals surface area contributed by atoms with Crippen LogP contribution in [0.3, 0.4) is 0 Å². The van der Waals surface area contributed by atoms with Crippen molar-refractivity contribution in [2.24, 2.45) is 5.84 Å². The van der Waals surface area contributed by atoms with Crippen molar-refractivity contribution in [2.45, 2.75) is 25.3 Å². The van der Waals surface area contributed by atoms with Crippen LogP contribution < -0.4 is 11.3 Å². The lowest BCUT2D eigenvalue weighted by Crippen LogP contribution is -2.27. The van der Waals surface area contributed by atoms with Crippen LogP contribution in [0.5, 0.6) is 0 Å². The number of hydrazine groups is 1. The fourth-order valence-electron chi connectivity index (χ4n) is 1.95. The van der Waals surface area contributed by atoms with E-state index in [9.17, 15) is 0 Å². The molecule has 1 atom stereocenters. The average molecular weight is 246 g/mol. The van der Waals surface area contributed by atoms with Crippen molar-refractivity contribution in [3.63, 3.8) is 0 Å². The van der Waals surface area contributed by atoms with E-state index in [-0.39, 0.29) is 0 Å². The quantitative estimate of drug-likeness (QED) is 0.606. The van der Waals surface area contributed by atoms with Gasteiger partial charge in [0.25, 0.3) is 0 Å². The summed E-state index contributed by atoms with van der Waals surface area (Å²) in [6.07, 6.45) is 3.34. The zero-order valence-electron chi connectivity index (χ0n) is 9.80. The minimum absolute atomic E-state index is 0.290. The van der Waals surface area contributed by atoms with E-state index in [0.717, 1.165) is 19.3 Å². The third kappa shape index (κ3) is 3.66. The Morgan fingerprint density at radius 2 is 1.94 bits per heavy atom. The molecule has 0 radical (unpaired) electrons. The highest BCUT2D eigenvalue weighted by atomic mass is 32.1. The smallest absolute Gasteiger partial charge is 0.0553 e. The van der Waals surface area contributed by atoms with Crippen molar-refractivity contribution in [3.05, 3.63) is 58.3 Å². The molecule has 90 valence electrons. The van der Waals surface area contributed by atoms with Crippen LogP contribution >= 0.6 is 11.3 Å². The summed E-state index contributed by atoms with van der Waals surface area (Å²) >= 11 is 1.76. The zero-order chi connectivity index (χ0) is 11.9. The molecule has 1 aromatic carbocycles. The maximum absolute atomic E-state index is 5.60. The third-order valence-corrected chi connectivity index (χ3v) is 3.87. The fraction of sp³-hybridized carbons (Fsp3) is 0.286. The normalized spacial score (nSPS) is 12.5. The predicted molar refractivity (Wildman–Crippen MR) is 73.8 cm³/mol. The molecule has 2 rings (SSSR count). The van der Waals surface area contributed by atoms with Crippen LogP contribution in [-0.4, -0.2) is 0 Å². The molecular formula is C14H18N2S. The molecule has 0 saturated carbocycles. The van der Waals surface area contributed by atoms with Gasteiger partial charge in [0, 0.05) is 4.88 Å². The summed E-state index contributed by atoms with van der Waals surface area (Å²) in [6.45, 7) is 0. The number of thiophene rings is 1.